The fourth-order valence-electron chi connectivity index (χ4n) is 1.12. The van der Waals surface area contributed by atoms with Gasteiger partial charge in [-0.1, -0.05) is 0 Å². The Morgan fingerprint density at radius 3 is 1.80 bits per heavy atom. The second-order valence-electron chi connectivity index (χ2n) is 3.23. The molecule has 0 N–H and O–H groups in total. The zero-order chi connectivity index (χ0) is 7.78. The molecule has 10 heavy (non-hydrogen) atoms. The monoisotopic (exact) mass is 150 g/mol. The lowest BCUT2D eigenvalue weighted by Gasteiger charge is -2.46. The van der Waals surface area contributed by atoms with E-state index in [2.05, 4.69) is 13.1 Å². The van der Waals surface area contributed by atoms with Crippen LogP contribution in [0.4, 0.5) is 0 Å². The van der Waals surface area contributed by atoms with Crippen molar-refractivity contribution in [2.24, 2.45) is 0 Å². The molecule has 0 aromatic rings. The van der Waals surface area contributed by atoms with Gasteiger partial charge in [-0.3, -0.25) is 0 Å². The van der Waals surface area contributed by atoms with Gasteiger partial charge in [-0.05, 0) is 32.6 Å². The first kappa shape index (κ1) is 8.36. The number of rotatable bonds is 0. The molecule has 52 valence electrons. The summed E-state index contributed by atoms with van der Waals surface area (Å²) in [6, 6.07) is 0. The molecule has 1 aliphatic rings. The standard InChI is InChI=1S/C5H12B2N2Si/c1-10(2)8(6)4-3-5-9(10)7/h3-5H2,1-2H3. The van der Waals surface area contributed by atoms with Crippen molar-refractivity contribution >= 4 is 24.4 Å². The van der Waals surface area contributed by atoms with Crippen molar-refractivity contribution in [3.8, 4) is 0 Å². The lowest BCUT2D eigenvalue weighted by molar-refractivity contribution is 0.449. The van der Waals surface area contributed by atoms with E-state index in [9.17, 15) is 0 Å². The summed E-state index contributed by atoms with van der Waals surface area (Å²) < 4.78 is 3.83. The summed E-state index contributed by atoms with van der Waals surface area (Å²) in [4.78, 5) is 0. The lowest BCUT2D eigenvalue weighted by atomic mass is 10.3. The van der Waals surface area contributed by atoms with Gasteiger partial charge in [0, 0.05) is 0 Å². The summed E-state index contributed by atoms with van der Waals surface area (Å²) in [5.41, 5.74) is 0. The van der Waals surface area contributed by atoms with Crippen molar-refractivity contribution < 1.29 is 0 Å². The van der Waals surface area contributed by atoms with Crippen LogP contribution in [-0.2, 0) is 0 Å². The number of hydrogen-bond donors (Lipinski definition) is 0. The fraction of sp³-hybridized carbons (Fsp3) is 1.00. The van der Waals surface area contributed by atoms with Crippen LogP contribution in [0.1, 0.15) is 6.42 Å². The van der Waals surface area contributed by atoms with Crippen molar-refractivity contribution in [1.82, 2.24) is 8.95 Å². The highest BCUT2D eigenvalue weighted by atomic mass is 28.3. The van der Waals surface area contributed by atoms with Crippen LogP contribution < -0.4 is 0 Å². The molecule has 0 aromatic carbocycles. The van der Waals surface area contributed by atoms with Crippen LogP contribution in [0.2, 0.25) is 13.1 Å². The maximum Gasteiger partial charge on any atom is 0.176 e. The van der Waals surface area contributed by atoms with Crippen LogP contribution in [0.15, 0.2) is 0 Å². The van der Waals surface area contributed by atoms with Crippen molar-refractivity contribution in [2.45, 2.75) is 19.5 Å². The predicted octanol–water partition coefficient (Wildman–Crippen LogP) is -0.137. The van der Waals surface area contributed by atoms with Gasteiger partial charge in [-0.2, -0.15) is 0 Å². The highest BCUT2D eigenvalue weighted by molar-refractivity contribution is 6.79. The molecular weight excluding hydrogens is 138 g/mol. The smallest absolute Gasteiger partial charge is 0.176 e. The first-order chi connectivity index (χ1) is 4.55. The van der Waals surface area contributed by atoms with Crippen LogP contribution in [0.3, 0.4) is 0 Å². The summed E-state index contributed by atoms with van der Waals surface area (Å²) in [6.45, 7) is 6.30. The van der Waals surface area contributed by atoms with Crippen molar-refractivity contribution in [3.05, 3.63) is 0 Å². The largest absolute Gasteiger partial charge is 0.364 e. The Labute approximate surface area is 66.6 Å². The SMILES string of the molecule is [B]N1CCCN([B])[Si]1(C)C. The van der Waals surface area contributed by atoms with E-state index in [-0.39, 0.29) is 0 Å². The Balaban J connectivity index is 2.63. The molecule has 1 heterocycles. The Hall–Kier alpha value is 0.267. The summed E-state index contributed by atoms with van der Waals surface area (Å²) in [7, 11) is 9.98. The molecule has 0 spiro atoms. The topological polar surface area (TPSA) is 6.48 Å². The Kier molecular flexibility index (Phi) is 2.27. The van der Waals surface area contributed by atoms with Crippen molar-refractivity contribution in [2.75, 3.05) is 13.1 Å². The molecular formula is C5H12B2N2Si. The number of nitrogens with zero attached hydrogens (tertiary/aromatic N) is 2. The van der Waals surface area contributed by atoms with Gasteiger partial charge in [-0.15, -0.1) is 0 Å². The summed E-state index contributed by atoms with van der Waals surface area (Å²) in [5, 5.41) is 0. The third kappa shape index (κ3) is 1.31. The second-order valence-corrected chi connectivity index (χ2v) is 7.37. The maximum absolute atomic E-state index is 5.78. The van der Waals surface area contributed by atoms with E-state index in [1.54, 1.807) is 0 Å². The zero-order valence-electron chi connectivity index (χ0n) is 6.67. The molecule has 0 atom stereocenters. The van der Waals surface area contributed by atoms with Crippen molar-refractivity contribution in [1.29, 1.82) is 0 Å². The van der Waals surface area contributed by atoms with Crippen LogP contribution >= 0.6 is 0 Å². The third-order valence-electron chi connectivity index (χ3n) is 2.20. The molecule has 2 nitrogen and oxygen atoms in total. The predicted molar refractivity (Wildman–Crippen MR) is 47.0 cm³/mol. The minimum absolute atomic E-state index is 0.993. The molecule has 0 aliphatic carbocycles. The fourth-order valence-corrected chi connectivity index (χ4v) is 2.86. The molecule has 1 fully saturated rings. The Bertz CT molecular complexity index is 119. The Morgan fingerprint density at radius 1 is 1.10 bits per heavy atom. The van der Waals surface area contributed by atoms with E-state index < -0.39 is 8.40 Å². The van der Waals surface area contributed by atoms with Crippen LogP contribution in [0.25, 0.3) is 0 Å². The van der Waals surface area contributed by atoms with Gasteiger partial charge >= 0.3 is 0 Å². The molecule has 1 aliphatic heterocycles. The van der Waals surface area contributed by atoms with Gasteiger partial charge in [-0.25, -0.2) is 0 Å². The normalized spacial score (nSPS) is 28.6. The van der Waals surface area contributed by atoms with Gasteiger partial charge < -0.3 is 8.95 Å². The summed E-state index contributed by atoms with van der Waals surface area (Å²) >= 11 is 0. The first-order valence-corrected chi connectivity index (χ1v) is 6.49. The van der Waals surface area contributed by atoms with E-state index in [4.69, 9.17) is 16.0 Å². The average Bonchev–Trinajstić information content (AvgIpc) is 1.84. The van der Waals surface area contributed by atoms with Crippen LogP contribution in [0.5, 0.6) is 0 Å². The minimum atomic E-state index is -1.58. The number of hydrogen-bond acceptors (Lipinski definition) is 2. The summed E-state index contributed by atoms with van der Waals surface area (Å²) in [5.74, 6) is 0. The van der Waals surface area contributed by atoms with Gasteiger partial charge in [0.2, 0.25) is 0 Å². The van der Waals surface area contributed by atoms with E-state index >= 15 is 0 Å². The first-order valence-electron chi connectivity index (χ1n) is 3.60. The van der Waals surface area contributed by atoms with Gasteiger partial charge in [0.15, 0.2) is 24.4 Å². The molecule has 0 aromatic heterocycles. The zero-order valence-corrected chi connectivity index (χ0v) is 7.67. The molecule has 0 bridgehead atoms. The average molecular weight is 150 g/mol. The highest BCUT2D eigenvalue weighted by Crippen LogP contribution is 2.16. The molecule has 0 saturated carbocycles. The molecule has 5 heteroatoms. The van der Waals surface area contributed by atoms with E-state index in [0.29, 0.717) is 0 Å². The summed E-state index contributed by atoms with van der Waals surface area (Å²) in [6.07, 6.45) is 1.09. The molecule has 0 unspecified atom stereocenters. The molecule has 1 saturated heterocycles. The minimum Gasteiger partial charge on any atom is -0.364 e. The molecule has 4 radical (unpaired) electrons. The van der Waals surface area contributed by atoms with Crippen molar-refractivity contribution in [3.63, 3.8) is 0 Å². The third-order valence-corrected chi connectivity index (χ3v) is 5.46. The maximum atomic E-state index is 5.78. The van der Waals surface area contributed by atoms with E-state index in [0.717, 1.165) is 19.5 Å². The lowest BCUT2D eigenvalue weighted by Crippen LogP contribution is -2.63. The molecule has 0 amide bonds. The molecule has 1 rings (SSSR count). The van der Waals surface area contributed by atoms with Gasteiger partial charge in [0.25, 0.3) is 0 Å². The van der Waals surface area contributed by atoms with Crippen LogP contribution in [0, 0.1) is 0 Å². The van der Waals surface area contributed by atoms with E-state index in [1.807, 2.05) is 8.95 Å². The highest BCUT2D eigenvalue weighted by Gasteiger charge is 2.32. The van der Waals surface area contributed by atoms with Crippen LogP contribution in [-0.4, -0.2) is 46.4 Å². The quantitative estimate of drug-likeness (QED) is 0.443. The van der Waals surface area contributed by atoms with Gasteiger partial charge in [0.1, 0.15) is 0 Å². The van der Waals surface area contributed by atoms with E-state index in [1.165, 1.54) is 0 Å². The Morgan fingerprint density at radius 2 is 1.50 bits per heavy atom. The second kappa shape index (κ2) is 2.72. The van der Waals surface area contributed by atoms with Gasteiger partial charge in [0.05, 0.1) is 0 Å².